The minimum Gasteiger partial charge on any atom is -0.381 e. The molecule has 0 radical (unpaired) electrons. The fraction of sp³-hybridized carbons (Fsp3) is 0.188. The van der Waals surface area contributed by atoms with Crippen LogP contribution < -0.4 is 10.6 Å². The molecule has 2 aromatic rings. The molecule has 0 saturated carbocycles. The molecule has 2 N–H and O–H groups in total. The molecule has 0 aromatic heterocycles. The van der Waals surface area contributed by atoms with E-state index in [0.29, 0.717) is 23.0 Å². The van der Waals surface area contributed by atoms with Crippen LogP contribution in [0.5, 0.6) is 0 Å². The lowest BCUT2D eigenvalue weighted by atomic mass is 10.1. The van der Waals surface area contributed by atoms with Crippen LogP contribution in [0.15, 0.2) is 42.5 Å². The number of benzene rings is 2. The van der Waals surface area contributed by atoms with Crippen molar-refractivity contribution in [2.75, 3.05) is 12.4 Å². The highest BCUT2D eigenvalue weighted by Crippen LogP contribution is 2.23. The number of anilines is 1. The van der Waals surface area contributed by atoms with Crippen LogP contribution in [-0.2, 0) is 17.8 Å². The van der Waals surface area contributed by atoms with E-state index in [-0.39, 0.29) is 5.91 Å². The zero-order valence-electron chi connectivity index (χ0n) is 11.6. The molecule has 0 unspecified atom stereocenters. The van der Waals surface area contributed by atoms with Crippen LogP contribution in [0.25, 0.3) is 0 Å². The Hall–Kier alpha value is -1.71. The lowest BCUT2D eigenvalue weighted by Crippen LogP contribution is -2.20. The largest absolute Gasteiger partial charge is 0.381 e. The fourth-order valence-corrected chi connectivity index (χ4v) is 2.36. The third kappa shape index (κ3) is 4.38. The van der Waals surface area contributed by atoms with E-state index in [9.17, 15) is 4.79 Å². The van der Waals surface area contributed by atoms with Gasteiger partial charge in [0.2, 0.25) is 5.91 Å². The molecular formula is C16H16Cl2N2O. The third-order valence-corrected chi connectivity index (χ3v) is 3.73. The summed E-state index contributed by atoms with van der Waals surface area (Å²) in [6.07, 6.45) is 0.336. The van der Waals surface area contributed by atoms with Crippen LogP contribution in [-0.4, -0.2) is 13.0 Å². The topological polar surface area (TPSA) is 41.1 Å². The first-order valence-electron chi connectivity index (χ1n) is 6.56. The zero-order chi connectivity index (χ0) is 15.2. The number of hydrogen-bond acceptors (Lipinski definition) is 2. The van der Waals surface area contributed by atoms with Gasteiger partial charge in [-0.2, -0.15) is 0 Å². The molecular weight excluding hydrogens is 307 g/mol. The Kier molecular flexibility index (Phi) is 5.48. The molecule has 0 atom stereocenters. The van der Waals surface area contributed by atoms with Gasteiger partial charge in [-0.25, -0.2) is 0 Å². The van der Waals surface area contributed by atoms with Gasteiger partial charge in [0.1, 0.15) is 0 Å². The van der Waals surface area contributed by atoms with Crippen LogP contribution in [0.4, 0.5) is 5.69 Å². The van der Waals surface area contributed by atoms with E-state index in [4.69, 9.17) is 23.2 Å². The first-order chi connectivity index (χ1) is 10.1. The average Bonchev–Trinajstić information content (AvgIpc) is 2.49. The van der Waals surface area contributed by atoms with Gasteiger partial charge in [-0.1, -0.05) is 41.4 Å². The molecule has 5 heteroatoms. The molecule has 0 fully saturated rings. The van der Waals surface area contributed by atoms with Gasteiger partial charge < -0.3 is 10.6 Å². The van der Waals surface area contributed by atoms with Gasteiger partial charge in [0.25, 0.3) is 0 Å². The maximum absolute atomic E-state index is 11.5. The molecule has 3 nitrogen and oxygen atoms in total. The number of halogens is 2. The number of hydrogen-bond donors (Lipinski definition) is 2. The maximum Gasteiger partial charge on any atom is 0.224 e. The van der Waals surface area contributed by atoms with E-state index in [1.165, 1.54) is 0 Å². The first kappa shape index (κ1) is 15.7. The SMILES string of the molecule is CNC(=O)Cc1ccccc1NCc1cc(Cl)ccc1Cl. The van der Waals surface area contributed by atoms with Crippen molar-refractivity contribution >= 4 is 34.8 Å². The van der Waals surface area contributed by atoms with Gasteiger partial charge in [-0.15, -0.1) is 0 Å². The Morgan fingerprint density at radius 1 is 1.10 bits per heavy atom. The first-order valence-corrected chi connectivity index (χ1v) is 7.32. The smallest absolute Gasteiger partial charge is 0.224 e. The highest BCUT2D eigenvalue weighted by molar-refractivity contribution is 6.33. The fourth-order valence-electron chi connectivity index (χ4n) is 1.98. The van der Waals surface area contributed by atoms with Gasteiger partial charge in [0.05, 0.1) is 6.42 Å². The number of rotatable bonds is 5. The van der Waals surface area contributed by atoms with Crippen molar-refractivity contribution in [2.45, 2.75) is 13.0 Å². The Morgan fingerprint density at radius 2 is 1.86 bits per heavy atom. The third-order valence-electron chi connectivity index (χ3n) is 3.12. The molecule has 0 aliphatic rings. The summed E-state index contributed by atoms with van der Waals surface area (Å²) >= 11 is 12.1. The highest BCUT2D eigenvalue weighted by Gasteiger charge is 2.07. The summed E-state index contributed by atoms with van der Waals surface area (Å²) in [7, 11) is 1.63. The van der Waals surface area contributed by atoms with Crippen LogP contribution in [0.1, 0.15) is 11.1 Å². The second kappa shape index (κ2) is 7.34. The monoisotopic (exact) mass is 322 g/mol. The predicted octanol–water partition coefficient (Wildman–Crippen LogP) is 3.89. The van der Waals surface area contributed by atoms with Crippen molar-refractivity contribution in [3.63, 3.8) is 0 Å². The number of amides is 1. The van der Waals surface area contributed by atoms with Crippen LogP contribution in [0.2, 0.25) is 10.0 Å². The summed E-state index contributed by atoms with van der Waals surface area (Å²) in [4.78, 5) is 11.5. The Balaban J connectivity index is 2.13. The summed E-state index contributed by atoms with van der Waals surface area (Å²) in [5.41, 5.74) is 2.77. The van der Waals surface area contributed by atoms with Crippen molar-refractivity contribution in [1.29, 1.82) is 0 Å². The number of nitrogens with one attached hydrogen (secondary N) is 2. The second-order valence-corrected chi connectivity index (χ2v) is 5.44. The lowest BCUT2D eigenvalue weighted by Gasteiger charge is -2.12. The van der Waals surface area contributed by atoms with Crippen molar-refractivity contribution < 1.29 is 4.79 Å². The number of likely N-dealkylation sites (N-methyl/N-ethyl adjacent to an activating group) is 1. The Bertz CT molecular complexity index is 644. The summed E-state index contributed by atoms with van der Waals surface area (Å²) in [5, 5.41) is 7.24. The molecule has 0 heterocycles. The molecule has 0 saturated heterocycles. The molecule has 110 valence electrons. The predicted molar refractivity (Wildman–Crippen MR) is 88.0 cm³/mol. The summed E-state index contributed by atoms with van der Waals surface area (Å²) in [5.74, 6) is -0.0231. The second-order valence-electron chi connectivity index (χ2n) is 4.60. The van der Waals surface area contributed by atoms with Crippen LogP contribution in [0, 0.1) is 0 Å². The molecule has 0 spiro atoms. The summed E-state index contributed by atoms with van der Waals surface area (Å²) in [6.45, 7) is 0.546. The van der Waals surface area contributed by atoms with Crippen molar-refractivity contribution in [3.8, 4) is 0 Å². The van der Waals surface area contributed by atoms with Gasteiger partial charge in [0.15, 0.2) is 0 Å². The summed E-state index contributed by atoms with van der Waals surface area (Å²) in [6, 6.07) is 13.1. The van der Waals surface area contributed by atoms with Gasteiger partial charge in [-0.3, -0.25) is 4.79 Å². The molecule has 0 aliphatic carbocycles. The van der Waals surface area contributed by atoms with E-state index in [1.807, 2.05) is 30.3 Å². The average molecular weight is 323 g/mol. The number of carbonyl (C=O) groups is 1. The quantitative estimate of drug-likeness (QED) is 0.876. The van der Waals surface area contributed by atoms with E-state index in [2.05, 4.69) is 10.6 Å². The van der Waals surface area contributed by atoms with Crippen molar-refractivity contribution in [2.24, 2.45) is 0 Å². The number of carbonyl (C=O) groups excluding carboxylic acids is 1. The van der Waals surface area contributed by atoms with Gasteiger partial charge >= 0.3 is 0 Å². The lowest BCUT2D eigenvalue weighted by molar-refractivity contribution is -0.119. The van der Waals surface area contributed by atoms with Crippen LogP contribution >= 0.6 is 23.2 Å². The van der Waals surface area contributed by atoms with E-state index in [1.54, 1.807) is 19.2 Å². The standard InChI is InChI=1S/C16H16Cl2N2O/c1-19-16(21)9-11-4-2-3-5-15(11)20-10-12-8-13(17)6-7-14(12)18/h2-8,20H,9-10H2,1H3,(H,19,21). The maximum atomic E-state index is 11.5. The molecule has 21 heavy (non-hydrogen) atoms. The Morgan fingerprint density at radius 3 is 2.62 bits per heavy atom. The van der Waals surface area contributed by atoms with Crippen molar-refractivity contribution in [1.82, 2.24) is 5.32 Å². The van der Waals surface area contributed by atoms with Gasteiger partial charge in [-0.05, 0) is 35.4 Å². The molecule has 0 bridgehead atoms. The minimum absolute atomic E-state index is 0.0231. The molecule has 0 aliphatic heterocycles. The van der Waals surface area contributed by atoms with E-state index in [0.717, 1.165) is 16.8 Å². The minimum atomic E-state index is -0.0231. The zero-order valence-corrected chi connectivity index (χ0v) is 13.1. The van der Waals surface area contributed by atoms with Gasteiger partial charge in [0, 0.05) is 29.3 Å². The van der Waals surface area contributed by atoms with Crippen molar-refractivity contribution in [3.05, 3.63) is 63.6 Å². The molecule has 2 rings (SSSR count). The Labute approximate surface area is 134 Å². The number of para-hydroxylation sites is 1. The molecule has 2 aromatic carbocycles. The summed E-state index contributed by atoms with van der Waals surface area (Å²) < 4.78 is 0. The van der Waals surface area contributed by atoms with E-state index >= 15 is 0 Å². The highest BCUT2D eigenvalue weighted by atomic mass is 35.5. The normalized spacial score (nSPS) is 10.2. The van der Waals surface area contributed by atoms with E-state index < -0.39 is 0 Å². The van der Waals surface area contributed by atoms with Crippen LogP contribution in [0.3, 0.4) is 0 Å². The molecule has 1 amide bonds.